The molecule has 3 aromatic rings. The maximum absolute atomic E-state index is 13.9. The minimum absolute atomic E-state index is 0.139. The van der Waals surface area contributed by atoms with Gasteiger partial charge in [0.05, 0.1) is 5.56 Å². The molecule has 0 radical (unpaired) electrons. The number of thiophene rings is 1. The van der Waals surface area contributed by atoms with Crippen LogP contribution >= 0.6 is 11.3 Å². The molecule has 0 spiro atoms. The fourth-order valence-electron chi connectivity index (χ4n) is 5.14. The first kappa shape index (κ1) is 32.6. The molecule has 1 atom stereocenters. The summed E-state index contributed by atoms with van der Waals surface area (Å²) in [4.78, 5) is 59.8. The Bertz CT molecular complexity index is 1590. The molecule has 2 aromatic heterocycles. The number of pyridine rings is 1. The van der Waals surface area contributed by atoms with Crippen molar-refractivity contribution in [3.05, 3.63) is 75.4 Å². The minimum Gasteiger partial charge on any atom is -0.372 e. The Kier molecular flexibility index (Phi) is 9.17. The number of anilines is 2. The first-order valence-corrected chi connectivity index (χ1v) is 15.0. The van der Waals surface area contributed by atoms with Gasteiger partial charge in [-0.2, -0.15) is 0 Å². The van der Waals surface area contributed by atoms with Crippen molar-refractivity contribution in [1.82, 2.24) is 14.8 Å². The molecule has 1 saturated heterocycles. The van der Waals surface area contributed by atoms with E-state index < -0.39 is 23.6 Å². The fraction of sp³-hybridized carbons (Fsp3) is 0.406. The number of hydrogen-bond acceptors (Lipinski definition) is 7. The zero-order chi connectivity index (χ0) is 32.6. The number of carbonyl (C=O) groups is 4. The van der Waals surface area contributed by atoms with E-state index in [-0.39, 0.29) is 22.9 Å². The van der Waals surface area contributed by atoms with Crippen LogP contribution in [-0.2, 0) is 14.9 Å². The number of nitrogens with zero attached hydrogens (tertiary/aromatic N) is 3. The lowest BCUT2D eigenvalue weighted by Gasteiger charge is -2.44. The van der Waals surface area contributed by atoms with Gasteiger partial charge in [-0.25, -0.2) is 4.79 Å². The largest absolute Gasteiger partial charge is 0.372 e. The Morgan fingerprint density at radius 2 is 1.80 bits per heavy atom. The van der Waals surface area contributed by atoms with E-state index in [1.807, 2.05) is 45.9 Å². The van der Waals surface area contributed by atoms with Crippen LogP contribution in [0.15, 0.2) is 42.6 Å². The number of methoxy groups -OCH3 is 1. The molecule has 1 aliphatic heterocycles. The van der Waals surface area contributed by atoms with Gasteiger partial charge in [0.15, 0.2) is 0 Å². The quantitative estimate of drug-likeness (QED) is 0.342. The van der Waals surface area contributed by atoms with Gasteiger partial charge in [0.1, 0.15) is 22.3 Å². The number of aromatic nitrogens is 1. The number of urea groups is 1. The van der Waals surface area contributed by atoms with Crippen LogP contribution in [-0.4, -0.2) is 71.3 Å². The van der Waals surface area contributed by atoms with Gasteiger partial charge in [-0.1, -0.05) is 32.9 Å². The van der Waals surface area contributed by atoms with Crippen molar-refractivity contribution in [2.75, 3.05) is 37.9 Å². The normalized spacial score (nSPS) is 15.6. The van der Waals surface area contributed by atoms with Crippen molar-refractivity contribution < 1.29 is 23.9 Å². The Morgan fingerprint density at radius 3 is 2.39 bits per heavy atom. The van der Waals surface area contributed by atoms with Gasteiger partial charge in [-0.3, -0.25) is 24.7 Å². The number of rotatable bonds is 7. The molecule has 12 heteroatoms. The van der Waals surface area contributed by atoms with Gasteiger partial charge in [0.25, 0.3) is 11.8 Å². The average Bonchev–Trinajstić information content (AvgIpc) is 3.38. The lowest BCUT2D eigenvalue weighted by molar-refractivity contribution is -0.144. The van der Waals surface area contributed by atoms with Crippen molar-refractivity contribution in [2.45, 2.75) is 58.6 Å². The van der Waals surface area contributed by atoms with Crippen LogP contribution in [0.4, 0.5) is 15.5 Å². The van der Waals surface area contributed by atoms with Gasteiger partial charge >= 0.3 is 6.03 Å². The van der Waals surface area contributed by atoms with E-state index in [1.54, 1.807) is 56.0 Å². The highest BCUT2D eigenvalue weighted by Crippen LogP contribution is 2.38. The number of nitrogens with one attached hydrogen (secondary N) is 2. The summed E-state index contributed by atoms with van der Waals surface area (Å²) in [6, 6.07) is 10.0. The van der Waals surface area contributed by atoms with Gasteiger partial charge in [0, 0.05) is 49.6 Å². The fourth-order valence-corrected chi connectivity index (χ4v) is 6.24. The summed E-state index contributed by atoms with van der Waals surface area (Å²) in [5.41, 5.74) is 7.46. The number of hydrogen-bond donors (Lipinski definition) is 3. The van der Waals surface area contributed by atoms with Gasteiger partial charge in [-0.05, 0) is 61.6 Å². The molecule has 1 aromatic carbocycles. The Morgan fingerprint density at radius 1 is 1.09 bits per heavy atom. The molecule has 1 aliphatic rings. The Hall–Kier alpha value is -4.29. The lowest BCUT2D eigenvalue weighted by Crippen LogP contribution is -2.63. The SMILES string of the molecule is COC(c1ccc(C(N)=O)nc1)c1cc(NC(=O)Nc2sc(C(C)(C)C)cc2C(=O)N2CCN(C)C(=O)C2(C)C)ccc1C. The highest BCUT2D eigenvalue weighted by Gasteiger charge is 2.44. The molecule has 1 fully saturated rings. The van der Waals surface area contributed by atoms with E-state index in [4.69, 9.17) is 10.5 Å². The monoisotopic (exact) mass is 620 g/mol. The molecule has 4 rings (SSSR count). The van der Waals surface area contributed by atoms with Crippen LogP contribution in [0.2, 0.25) is 0 Å². The molecular formula is C32H40N6O5S. The van der Waals surface area contributed by atoms with Gasteiger partial charge in [-0.15, -0.1) is 11.3 Å². The lowest BCUT2D eigenvalue weighted by atomic mass is 9.93. The smallest absolute Gasteiger partial charge is 0.324 e. The maximum Gasteiger partial charge on any atom is 0.324 e. The van der Waals surface area contributed by atoms with Crippen LogP contribution in [0.25, 0.3) is 0 Å². The van der Waals surface area contributed by atoms with E-state index in [0.717, 1.165) is 16.0 Å². The molecule has 11 nitrogen and oxygen atoms in total. The second-order valence-electron chi connectivity index (χ2n) is 12.5. The predicted molar refractivity (Wildman–Crippen MR) is 171 cm³/mol. The molecule has 234 valence electrons. The summed E-state index contributed by atoms with van der Waals surface area (Å²) in [5, 5.41) is 6.16. The van der Waals surface area contributed by atoms with Crippen LogP contribution in [0, 0.1) is 6.92 Å². The first-order valence-electron chi connectivity index (χ1n) is 14.2. The molecule has 44 heavy (non-hydrogen) atoms. The zero-order valence-corrected chi connectivity index (χ0v) is 27.2. The van der Waals surface area contributed by atoms with E-state index in [0.29, 0.717) is 34.9 Å². The third-order valence-corrected chi connectivity index (χ3v) is 9.25. The van der Waals surface area contributed by atoms with Gasteiger partial charge < -0.3 is 25.6 Å². The van der Waals surface area contributed by atoms with Crippen LogP contribution in [0.1, 0.15) is 83.1 Å². The van der Waals surface area contributed by atoms with E-state index in [2.05, 4.69) is 15.6 Å². The summed E-state index contributed by atoms with van der Waals surface area (Å²) in [5.74, 6) is -1.07. The Labute approximate surface area is 261 Å². The number of piperazine rings is 1. The van der Waals surface area contributed by atoms with Crippen LogP contribution in [0.5, 0.6) is 0 Å². The number of primary amides is 1. The zero-order valence-electron chi connectivity index (χ0n) is 26.4. The van der Waals surface area contributed by atoms with Crippen molar-refractivity contribution in [3.63, 3.8) is 0 Å². The Balaban J connectivity index is 1.60. The molecule has 0 bridgehead atoms. The predicted octanol–water partition coefficient (Wildman–Crippen LogP) is 4.92. The number of aryl methyl sites for hydroxylation is 1. The van der Waals surface area contributed by atoms with E-state index in [1.165, 1.54) is 17.5 Å². The van der Waals surface area contributed by atoms with Crippen LogP contribution in [0.3, 0.4) is 0 Å². The summed E-state index contributed by atoms with van der Waals surface area (Å²) in [6.07, 6.45) is 1.03. The number of ether oxygens (including phenoxy) is 1. The summed E-state index contributed by atoms with van der Waals surface area (Å²) in [6.45, 7) is 12.3. The molecular weight excluding hydrogens is 580 g/mol. The second-order valence-corrected chi connectivity index (χ2v) is 13.5. The summed E-state index contributed by atoms with van der Waals surface area (Å²) >= 11 is 1.34. The highest BCUT2D eigenvalue weighted by molar-refractivity contribution is 7.16. The number of amides is 5. The molecule has 5 amide bonds. The van der Waals surface area contributed by atoms with Crippen molar-refractivity contribution in [2.24, 2.45) is 5.73 Å². The molecule has 1 unspecified atom stereocenters. The average molecular weight is 621 g/mol. The van der Waals surface area contributed by atoms with Gasteiger partial charge in [0.2, 0.25) is 5.91 Å². The van der Waals surface area contributed by atoms with E-state index >= 15 is 0 Å². The minimum atomic E-state index is -1.03. The van der Waals surface area contributed by atoms with Crippen LogP contribution < -0.4 is 16.4 Å². The molecule has 0 saturated carbocycles. The summed E-state index contributed by atoms with van der Waals surface area (Å²) in [7, 11) is 3.30. The number of nitrogens with two attached hydrogens (primary N) is 1. The number of benzene rings is 1. The molecule has 3 heterocycles. The molecule has 4 N–H and O–H groups in total. The van der Waals surface area contributed by atoms with Crippen molar-refractivity contribution >= 4 is 45.8 Å². The number of carbonyl (C=O) groups excluding carboxylic acids is 4. The first-order chi connectivity index (χ1) is 20.5. The highest BCUT2D eigenvalue weighted by atomic mass is 32.1. The third-order valence-electron chi connectivity index (χ3n) is 7.77. The third kappa shape index (κ3) is 6.61. The van der Waals surface area contributed by atoms with E-state index in [9.17, 15) is 19.2 Å². The topological polar surface area (TPSA) is 147 Å². The van der Waals surface area contributed by atoms with Crippen molar-refractivity contribution in [1.29, 1.82) is 0 Å². The maximum atomic E-state index is 13.9. The molecule has 0 aliphatic carbocycles. The number of likely N-dealkylation sites (N-methyl/N-ethyl adjacent to an activating group) is 1. The second kappa shape index (κ2) is 12.4. The standard InChI is InChI=1S/C32H40N6O5S/c1-18-9-11-20(15-21(18)25(43-8)19-10-12-23(26(33)39)34-17-19)35-30(42)36-27-22(16-24(44-27)31(2,3)4)28(40)38-14-13-37(7)29(41)32(38,5)6/h9-12,15-17,25H,13-14H2,1-8H3,(H2,33,39)(H2,35,36,42). The summed E-state index contributed by atoms with van der Waals surface area (Å²) < 4.78 is 5.77. The van der Waals surface area contributed by atoms with Crippen molar-refractivity contribution in [3.8, 4) is 0 Å².